The molecule has 0 bridgehead atoms. The molecule has 0 aliphatic heterocycles. The molecule has 0 fully saturated rings. The lowest BCUT2D eigenvalue weighted by molar-refractivity contribution is -0.139. The smallest absolute Gasteiger partial charge is 0.313 e. The fraction of sp³-hybridized carbons (Fsp3) is 0.333. The number of nitrogens with zero attached hydrogens (tertiary/aromatic N) is 1. The van der Waals surface area contributed by atoms with Crippen LogP contribution in [0.4, 0.5) is 10.1 Å². The van der Waals surface area contributed by atoms with Gasteiger partial charge in [-0.2, -0.15) is 0 Å². The van der Waals surface area contributed by atoms with Gasteiger partial charge in [0.25, 0.3) is 0 Å². The Balaban J connectivity index is 3.06. The predicted octanol–water partition coefficient (Wildman–Crippen LogP) is 1.64. The first-order valence-corrected chi connectivity index (χ1v) is 5.02. The number of anilines is 1. The first-order valence-electron chi connectivity index (χ1n) is 5.02. The van der Waals surface area contributed by atoms with E-state index < -0.39 is 17.6 Å². The molecule has 0 saturated heterocycles. The van der Waals surface area contributed by atoms with Gasteiger partial charge in [0, 0.05) is 25.3 Å². The molecule has 0 amide bonds. The van der Waals surface area contributed by atoms with Gasteiger partial charge in [0.1, 0.15) is 12.2 Å². The van der Waals surface area contributed by atoms with Gasteiger partial charge in [0.2, 0.25) is 0 Å². The summed E-state index contributed by atoms with van der Waals surface area (Å²) in [5.74, 6) is -1.60. The molecule has 4 nitrogen and oxygen atoms in total. The van der Waals surface area contributed by atoms with Crippen LogP contribution in [0.25, 0.3) is 0 Å². The van der Waals surface area contributed by atoms with E-state index in [1.807, 2.05) is 0 Å². The molecule has 0 spiro atoms. The SMILES string of the molecule is COC(=O)CC(=O)c1cc(F)ccc1N(C)C. The lowest BCUT2D eigenvalue weighted by Gasteiger charge is -2.16. The molecule has 0 radical (unpaired) electrons. The van der Waals surface area contributed by atoms with E-state index in [2.05, 4.69) is 4.74 Å². The molecular formula is C12H14FNO3. The molecule has 0 N–H and O–H groups in total. The van der Waals surface area contributed by atoms with Crippen molar-refractivity contribution >= 4 is 17.4 Å². The third-order valence-electron chi connectivity index (χ3n) is 2.27. The Hall–Kier alpha value is -1.91. The minimum absolute atomic E-state index is 0.181. The van der Waals surface area contributed by atoms with Gasteiger partial charge >= 0.3 is 5.97 Å². The summed E-state index contributed by atoms with van der Waals surface area (Å²) in [5.41, 5.74) is 0.751. The highest BCUT2D eigenvalue weighted by atomic mass is 19.1. The van der Waals surface area contributed by atoms with Crippen LogP contribution in [0.1, 0.15) is 16.8 Å². The van der Waals surface area contributed by atoms with Crippen LogP contribution >= 0.6 is 0 Å². The van der Waals surface area contributed by atoms with Gasteiger partial charge in [-0.15, -0.1) is 0 Å². The quantitative estimate of drug-likeness (QED) is 0.455. The maximum atomic E-state index is 13.1. The summed E-state index contributed by atoms with van der Waals surface area (Å²) in [4.78, 5) is 24.5. The molecule has 17 heavy (non-hydrogen) atoms. The maximum Gasteiger partial charge on any atom is 0.313 e. The molecule has 1 rings (SSSR count). The van der Waals surface area contributed by atoms with Gasteiger partial charge in [-0.25, -0.2) is 4.39 Å². The molecule has 0 saturated carbocycles. The van der Waals surface area contributed by atoms with Crippen LogP contribution in [-0.4, -0.2) is 33.0 Å². The van der Waals surface area contributed by atoms with Gasteiger partial charge in [0.05, 0.1) is 7.11 Å². The topological polar surface area (TPSA) is 46.6 Å². The number of rotatable bonds is 4. The minimum Gasteiger partial charge on any atom is -0.469 e. The van der Waals surface area contributed by atoms with E-state index in [1.54, 1.807) is 19.0 Å². The van der Waals surface area contributed by atoms with E-state index in [4.69, 9.17) is 0 Å². The number of esters is 1. The largest absolute Gasteiger partial charge is 0.469 e. The molecular weight excluding hydrogens is 225 g/mol. The summed E-state index contributed by atoms with van der Waals surface area (Å²) < 4.78 is 17.5. The second-order valence-corrected chi connectivity index (χ2v) is 3.73. The summed E-state index contributed by atoms with van der Waals surface area (Å²) in [6.07, 6.45) is -0.388. The summed E-state index contributed by atoms with van der Waals surface area (Å²) in [5, 5.41) is 0. The van der Waals surface area contributed by atoms with Crippen molar-refractivity contribution < 1.29 is 18.7 Å². The Labute approximate surface area is 99.0 Å². The Bertz CT molecular complexity index is 443. The molecule has 1 aromatic rings. The number of hydrogen-bond acceptors (Lipinski definition) is 4. The van der Waals surface area contributed by atoms with Crippen molar-refractivity contribution in [1.29, 1.82) is 0 Å². The van der Waals surface area contributed by atoms with Gasteiger partial charge in [0.15, 0.2) is 5.78 Å². The fourth-order valence-electron chi connectivity index (χ4n) is 1.42. The molecule has 5 heteroatoms. The standard InChI is InChI=1S/C12H14FNO3/c1-14(2)10-5-4-8(13)6-9(10)11(15)7-12(16)17-3/h4-6H,7H2,1-3H3. The van der Waals surface area contributed by atoms with Crippen LogP contribution in [-0.2, 0) is 9.53 Å². The number of halogens is 1. The highest BCUT2D eigenvalue weighted by Gasteiger charge is 2.17. The zero-order chi connectivity index (χ0) is 13.0. The average Bonchev–Trinajstić information content (AvgIpc) is 2.28. The fourth-order valence-corrected chi connectivity index (χ4v) is 1.42. The van der Waals surface area contributed by atoms with E-state index >= 15 is 0 Å². The Morgan fingerprint density at radius 1 is 1.35 bits per heavy atom. The van der Waals surface area contributed by atoms with Gasteiger partial charge in [-0.3, -0.25) is 9.59 Å². The number of carbonyl (C=O) groups is 2. The zero-order valence-corrected chi connectivity index (χ0v) is 9.99. The number of Topliss-reactive ketones (excluding diaryl/α,β-unsaturated/α-hetero) is 1. The van der Waals surface area contributed by atoms with Crippen LogP contribution in [0.3, 0.4) is 0 Å². The molecule has 0 atom stereocenters. The van der Waals surface area contributed by atoms with Crippen molar-refractivity contribution in [2.24, 2.45) is 0 Å². The third kappa shape index (κ3) is 3.27. The van der Waals surface area contributed by atoms with Crippen LogP contribution in [0.2, 0.25) is 0 Å². The average molecular weight is 239 g/mol. The number of carbonyl (C=O) groups excluding carboxylic acids is 2. The Morgan fingerprint density at radius 2 is 2.00 bits per heavy atom. The van der Waals surface area contributed by atoms with Crippen molar-refractivity contribution in [2.75, 3.05) is 26.1 Å². The van der Waals surface area contributed by atoms with Crippen molar-refractivity contribution in [2.45, 2.75) is 6.42 Å². The summed E-state index contributed by atoms with van der Waals surface area (Å²) in [7, 11) is 4.68. The van der Waals surface area contributed by atoms with Crippen molar-refractivity contribution in [3.63, 3.8) is 0 Å². The van der Waals surface area contributed by atoms with E-state index in [9.17, 15) is 14.0 Å². The second-order valence-electron chi connectivity index (χ2n) is 3.73. The summed E-state index contributed by atoms with van der Waals surface area (Å²) >= 11 is 0. The lowest BCUT2D eigenvalue weighted by atomic mass is 10.1. The number of benzene rings is 1. The zero-order valence-electron chi connectivity index (χ0n) is 9.99. The predicted molar refractivity (Wildman–Crippen MR) is 61.7 cm³/mol. The second kappa shape index (κ2) is 5.43. The molecule has 0 aliphatic rings. The molecule has 1 aromatic carbocycles. The minimum atomic E-state index is -0.635. The molecule has 0 unspecified atom stereocenters. The third-order valence-corrected chi connectivity index (χ3v) is 2.27. The van der Waals surface area contributed by atoms with E-state index in [-0.39, 0.29) is 12.0 Å². The Morgan fingerprint density at radius 3 is 2.53 bits per heavy atom. The number of hydrogen-bond donors (Lipinski definition) is 0. The first kappa shape index (κ1) is 13.2. The first-order chi connectivity index (χ1) is 7.95. The summed E-state index contributed by atoms with van der Waals surface area (Å²) in [6.45, 7) is 0. The van der Waals surface area contributed by atoms with Crippen molar-refractivity contribution in [1.82, 2.24) is 0 Å². The van der Waals surface area contributed by atoms with Crippen molar-refractivity contribution in [3.8, 4) is 0 Å². The molecule has 0 heterocycles. The van der Waals surface area contributed by atoms with E-state index in [0.29, 0.717) is 5.69 Å². The van der Waals surface area contributed by atoms with Crippen molar-refractivity contribution in [3.05, 3.63) is 29.6 Å². The molecule has 92 valence electrons. The number of methoxy groups -OCH3 is 1. The summed E-state index contributed by atoms with van der Waals surface area (Å²) in [6, 6.07) is 3.89. The van der Waals surface area contributed by atoms with Gasteiger partial charge in [-0.1, -0.05) is 0 Å². The highest BCUT2D eigenvalue weighted by molar-refractivity contribution is 6.09. The van der Waals surface area contributed by atoms with E-state index in [1.165, 1.54) is 19.2 Å². The van der Waals surface area contributed by atoms with Crippen LogP contribution in [0.15, 0.2) is 18.2 Å². The van der Waals surface area contributed by atoms with Gasteiger partial charge < -0.3 is 9.64 Å². The molecule has 0 aliphatic carbocycles. The van der Waals surface area contributed by atoms with Gasteiger partial charge in [-0.05, 0) is 18.2 Å². The number of ketones is 1. The van der Waals surface area contributed by atoms with Crippen LogP contribution in [0, 0.1) is 5.82 Å². The highest BCUT2D eigenvalue weighted by Crippen LogP contribution is 2.21. The monoisotopic (exact) mass is 239 g/mol. The maximum absolute atomic E-state index is 13.1. The van der Waals surface area contributed by atoms with E-state index in [0.717, 1.165) is 6.07 Å². The Kier molecular flexibility index (Phi) is 4.20. The number of ether oxygens (including phenoxy) is 1. The normalized spacial score (nSPS) is 9.88. The van der Waals surface area contributed by atoms with Crippen LogP contribution in [0.5, 0.6) is 0 Å². The lowest BCUT2D eigenvalue weighted by Crippen LogP contribution is -2.16. The molecule has 0 aromatic heterocycles. The van der Waals surface area contributed by atoms with Crippen LogP contribution < -0.4 is 4.90 Å².